The lowest BCUT2D eigenvalue weighted by Crippen LogP contribution is -2.27. The molecule has 0 N–H and O–H groups in total. The summed E-state index contributed by atoms with van der Waals surface area (Å²) in [5.41, 5.74) is 0.637. The Bertz CT molecular complexity index is 338. The van der Waals surface area contributed by atoms with E-state index in [0.29, 0.717) is 17.3 Å². The zero-order chi connectivity index (χ0) is 12.0. The summed E-state index contributed by atoms with van der Waals surface area (Å²) in [4.78, 5) is 17.4. The predicted octanol–water partition coefficient (Wildman–Crippen LogP) is 2.46. The maximum atomic E-state index is 11.9. The first-order chi connectivity index (χ1) is 7.66. The van der Waals surface area contributed by atoms with Crippen molar-refractivity contribution in [3.05, 3.63) is 17.8 Å². The van der Waals surface area contributed by atoms with Crippen molar-refractivity contribution in [2.75, 3.05) is 19.5 Å². The number of carbonyl (C=O) groups excluding carboxylic acids is 1. The van der Waals surface area contributed by atoms with Gasteiger partial charge in [0.1, 0.15) is 0 Å². The van der Waals surface area contributed by atoms with Crippen molar-refractivity contribution in [2.24, 2.45) is 0 Å². The van der Waals surface area contributed by atoms with Crippen molar-refractivity contribution >= 4 is 17.5 Å². The van der Waals surface area contributed by atoms with E-state index in [1.807, 2.05) is 0 Å². The average molecular weight is 245 g/mol. The van der Waals surface area contributed by atoms with Crippen LogP contribution in [0.3, 0.4) is 0 Å². The highest BCUT2D eigenvalue weighted by Crippen LogP contribution is 2.09. The summed E-state index contributed by atoms with van der Waals surface area (Å²) in [6, 6.07) is 0. The van der Waals surface area contributed by atoms with E-state index < -0.39 is 0 Å². The Kier molecular flexibility index (Phi) is 5.32. The van der Waals surface area contributed by atoms with Crippen LogP contribution in [0.15, 0.2) is 10.8 Å². The number of amides is 1. The van der Waals surface area contributed by atoms with Crippen molar-refractivity contribution in [3.8, 4) is 0 Å². The summed E-state index contributed by atoms with van der Waals surface area (Å²) < 4.78 is 5.05. The molecule has 1 aromatic heterocycles. The molecule has 0 aromatic carbocycles. The van der Waals surface area contributed by atoms with Gasteiger partial charge in [0.05, 0.1) is 5.69 Å². The molecule has 90 valence electrons. The third kappa shape index (κ3) is 3.52. The Hall–Kier alpha value is -1.03. The minimum Gasteiger partial charge on any atom is -0.438 e. The SMILES string of the molecule is Cc1ncoc1C(=O)N(C)CCCCCCl. The van der Waals surface area contributed by atoms with Gasteiger partial charge in [-0.1, -0.05) is 6.42 Å². The van der Waals surface area contributed by atoms with Gasteiger partial charge in [0, 0.05) is 19.5 Å². The van der Waals surface area contributed by atoms with Gasteiger partial charge in [-0.3, -0.25) is 4.79 Å². The smallest absolute Gasteiger partial charge is 0.291 e. The van der Waals surface area contributed by atoms with E-state index in [1.54, 1.807) is 18.9 Å². The van der Waals surface area contributed by atoms with Crippen LogP contribution in [0.2, 0.25) is 0 Å². The van der Waals surface area contributed by atoms with Crippen LogP contribution in [0, 0.1) is 6.92 Å². The Morgan fingerprint density at radius 3 is 2.81 bits per heavy atom. The minimum atomic E-state index is -0.110. The van der Waals surface area contributed by atoms with Gasteiger partial charge in [0.2, 0.25) is 5.76 Å². The summed E-state index contributed by atoms with van der Waals surface area (Å²) in [5, 5.41) is 0. The highest BCUT2D eigenvalue weighted by atomic mass is 35.5. The number of nitrogens with zero attached hydrogens (tertiary/aromatic N) is 2. The van der Waals surface area contributed by atoms with Crippen LogP contribution in [-0.4, -0.2) is 35.3 Å². The molecule has 1 amide bonds. The molecule has 0 radical (unpaired) electrons. The van der Waals surface area contributed by atoms with Crippen molar-refractivity contribution in [1.82, 2.24) is 9.88 Å². The standard InChI is InChI=1S/C11H17ClN2O2/c1-9-10(16-8-13-9)11(15)14(2)7-5-3-4-6-12/h8H,3-7H2,1-2H3. The molecule has 1 heterocycles. The second-order valence-corrected chi connectivity index (χ2v) is 4.12. The number of rotatable bonds is 6. The highest BCUT2D eigenvalue weighted by Gasteiger charge is 2.17. The maximum absolute atomic E-state index is 11.9. The van der Waals surface area contributed by atoms with Gasteiger partial charge in [-0.2, -0.15) is 0 Å². The van der Waals surface area contributed by atoms with Crippen LogP contribution in [0.5, 0.6) is 0 Å². The lowest BCUT2D eigenvalue weighted by molar-refractivity contribution is 0.0760. The van der Waals surface area contributed by atoms with E-state index in [1.165, 1.54) is 6.39 Å². The average Bonchev–Trinajstić information content (AvgIpc) is 2.69. The molecule has 0 saturated carbocycles. The number of alkyl halides is 1. The summed E-state index contributed by atoms with van der Waals surface area (Å²) in [5.74, 6) is 0.902. The van der Waals surface area contributed by atoms with Crippen LogP contribution in [0.1, 0.15) is 35.5 Å². The van der Waals surface area contributed by atoms with Gasteiger partial charge < -0.3 is 9.32 Å². The van der Waals surface area contributed by atoms with Gasteiger partial charge in [-0.25, -0.2) is 4.98 Å². The number of oxazole rings is 1. The third-order valence-electron chi connectivity index (χ3n) is 2.41. The molecule has 0 unspecified atom stereocenters. The topological polar surface area (TPSA) is 46.3 Å². The fourth-order valence-electron chi connectivity index (χ4n) is 1.40. The number of halogens is 1. The van der Waals surface area contributed by atoms with E-state index in [9.17, 15) is 4.79 Å². The molecule has 1 rings (SSSR count). The highest BCUT2D eigenvalue weighted by molar-refractivity contribution is 6.17. The third-order valence-corrected chi connectivity index (χ3v) is 2.68. The molecule has 16 heavy (non-hydrogen) atoms. The molecule has 5 heteroatoms. The molecule has 1 aromatic rings. The van der Waals surface area contributed by atoms with Crippen LogP contribution in [0.4, 0.5) is 0 Å². The van der Waals surface area contributed by atoms with Gasteiger partial charge in [0.25, 0.3) is 5.91 Å². The zero-order valence-corrected chi connectivity index (χ0v) is 10.5. The number of hydrogen-bond donors (Lipinski definition) is 0. The molecular weight excluding hydrogens is 228 g/mol. The van der Waals surface area contributed by atoms with Gasteiger partial charge >= 0.3 is 0 Å². The normalized spacial score (nSPS) is 10.4. The van der Waals surface area contributed by atoms with E-state index in [2.05, 4.69) is 4.98 Å². The fraction of sp³-hybridized carbons (Fsp3) is 0.636. The Morgan fingerprint density at radius 2 is 2.25 bits per heavy atom. The summed E-state index contributed by atoms with van der Waals surface area (Å²) >= 11 is 5.58. The van der Waals surface area contributed by atoms with Crippen LogP contribution in [0.25, 0.3) is 0 Å². The second-order valence-electron chi connectivity index (χ2n) is 3.74. The van der Waals surface area contributed by atoms with E-state index in [4.69, 9.17) is 16.0 Å². The first-order valence-corrected chi connectivity index (χ1v) is 5.91. The van der Waals surface area contributed by atoms with Crippen LogP contribution >= 0.6 is 11.6 Å². The van der Waals surface area contributed by atoms with E-state index in [0.717, 1.165) is 25.8 Å². The molecule has 0 aliphatic heterocycles. The maximum Gasteiger partial charge on any atom is 0.291 e. The molecule has 0 fully saturated rings. The summed E-state index contributed by atoms with van der Waals surface area (Å²) in [7, 11) is 1.77. The second kappa shape index (κ2) is 6.53. The Morgan fingerprint density at radius 1 is 1.50 bits per heavy atom. The van der Waals surface area contributed by atoms with Crippen LogP contribution < -0.4 is 0 Å². The minimum absolute atomic E-state index is 0.110. The molecule has 0 aliphatic carbocycles. The molecular formula is C11H17ClN2O2. The quantitative estimate of drug-likeness (QED) is 0.571. The summed E-state index contributed by atoms with van der Waals surface area (Å²) in [6.07, 6.45) is 4.29. The van der Waals surface area contributed by atoms with Crippen molar-refractivity contribution in [3.63, 3.8) is 0 Å². The van der Waals surface area contributed by atoms with Crippen molar-refractivity contribution in [2.45, 2.75) is 26.2 Å². The molecule has 0 bridgehead atoms. The van der Waals surface area contributed by atoms with Crippen molar-refractivity contribution in [1.29, 1.82) is 0 Å². The fourth-order valence-corrected chi connectivity index (χ4v) is 1.59. The molecule has 0 saturated heterocycles. The molecule has 0 spiro atoms. The van der Waals surface area contributed by atoms with Crippen LogP contribution in [-0.2, 0) is 0 Å². The predicted molar refractivity (Wildman–Crippen MR) is 62.8 cm³/mol. The summed E-state index contributed by atoms with van der Waals surface area (Å²) in [6.45, 7) is 2.48. The Balaban J connectivity index is 2.40. The number of aromatic nitrogens is 1. The van der Waals surface area contributed by atoms with E-state index >= 15 is 0 Å². The first-order valence-electron chi connectivity index (χ1n) is 5.38. The number of hydrogen-bond acceptors (Lipinski definition) is 3. The lowest BCUT2D eigenvalue weighted by Gasteiger charge is -2.15. The Labute approximate surface area is 101 Å². The monoisotopic (exact) mass is 244 g/mol. The molecule has 4 nitrogen and oxygen atoms in total. The van der Waals surface area contributed by atoms with Gasteiger partial charge in [-0.05, 0) is 19.8 Å². The molecule has 0 aliphatic rings. The number of carbonyl (C=O) groups is 1. The lowest BCUT2D eigenvalue weighted by atomic mass is 10.2. The molecule has 0 atom stereocenters. The van der Waals surface area contributed by atoms with E-state index in [-0.39, 0.29) is 5.91 Å². The number of aryl methyl sites for hydroxylation is 1. The zero-order valence-electron chi connectivity index (χ0n) is 9.70. The van der Waals surface area contributed by atoms with Gasteiger partial charge in [-0.15, -0.1) is 11.6 Å². The number of unbranched alkanes of at least 4 members (excludes halogenated alkanes) is 2. The van der Waals surface area contributed by atoms with Gasteiger partial charge in [0.15, 0.2) is 6.39 Å². The first kappa shape index (κ1) is 13.0. The largest absolute Gasteiger partial charge is 0.438 e. The van der Waals surface area contributed by atoms with Crippen molar-refractivity contribution < 1.29 is 9.21 Å².